The van der Waals surface area contributed by atoms with Crippen LogP contribution in [0.25, 0.3) is 0 Å². The first-order chi connectivity index (χ1) is 5.16. The standard InChI is InChI=1S/C8H15NO2.BrH/c1-4-8(10)11-7-5-6-9(2)3;/h4H,1,5-7H2,2-3H3;1H. The third-order valence-electron chi connectivity index (χ3n) is 1.16. The molecule has 0 aliphatic carbocycles. The van der Waals surface area contributed by atoms with Crippen LogP contribution in [0.5, 0.6) is 0 Å². The molecule has 0 unspecified atom stereocenters. The summed E-state index contributed by atoms with van der Waals surface area (Å²) in [7, 11) is 3.96. The second-order valence-electron chi connectivity index (χ2n) is 2.53. The van der Waals surface area contributed by atoms with Crippen LogP contribution >= 0.6 is 17.0 Å². The van der Waals surface area contributed by atoms with Crippen LogP contribution in [-0.4, -0.2) is 38.1 Å². The van der Waals surface area contributed by atoms with E-state index in [1.165, 1.54) is 6.08 Å². The van der Waals surface area contributed by atoms with Crippen LogP contribution in [0.15, 0.2) is 12.7 Å². The molecule has 3 nitrogen and oxygen atoms in total. The van der Waals surface area contributed by atoms with Gasteiger partial charge in [0, 0.05) is 12.6 Å². The highest BCUT2D eigenvalue weighted by Crippen LogP contribution is 1.86. The topological polar surface area (TPSA) is 29.5 Å². The van der Waals surface area contributed by atoms with E-state index in [9.17, 15) is 4.79 Å². The van der Waals surface area contributed by atoms with Crippen LogP contribution in [0.2, 0.25) is 0 Å². The van der Waals surface area contributed by atoms with E-state index in [4.69, 9.17) is 4.74 Å². The van der Waals surface area contributed by atoms with Crippen molar-refractivity contribution in [3.8, 4) is 0 Å². The third kappa shape index (κ3) is 9.65. The van der Waals surface area contributed by atoms with E-state index < -0.39 is 0 Å². The minimum absolute atomic E-state index is 0. The smallest absolute Gasteiger partial charge is 0.330 e. The molecule has 12 heavy (non-hydrogen) atoms. The molecule has 4 heteroatoms. The van der Waals surface area contributed by atoms with Crippen LogP contribution < -0.4 is 0 Å². The number of halogens is 1. The number of nitrogens with zero attached hydrogens (tertiary/aromatic N) is 1. The van der Waals surface area contributed by atoms with Crippen LogP contribution in [0.1, 0.15) is 6.42 Å². The molecule has 0 atom stereocenters. The number of esters is 1. The van der Waals surface area contributed by atoms with Crippen molar-refractivity contribution in [3.05, 3.63) is 12.7 Å². The maximum atomic E-state index is 10.5. The fourth-order valence-electron chi connectivity index (χ4n) is 0.612. The second-order valence-corrected chi connectivity index (χ2v) is 2.53. The summed E-state index contributed by atoms with van der Waals surface area (Å²) in [6.07, 6.45) is 2.04. The van der Waals surface area contributed by atoms with E-state index >= 15 is 0 Å². The number of carbonyl (C=O) groups excluding carboxylic acids is 1. The summed E-state index contributed by atoms with van der Waals surface area (Å²) < 4.78 is 4.76. The Hall–Kier alpha value is -0.350. The van der Waals surface area contributed by atoms with Gasteiger partial charge in [0.15, 0.2) is 0 Å². The highest BCUT2D eigenvalue weighted by Gasteiger charge is 1.94. The van der Waals surface area contributed by atoms with Gasteiger partial charge in [-0.3, -0.25) is 0 Å². The highest BCUT2D eigenvalue weighted by atomic mass is 79.9. The van der Waals surface area contributed by atoms with Gasteiger partial charge in [-0.25, -0.2) is 4.79 Å². The van der Waals surface area contributed by atoms with Gasteiger partial charge in [-0.1, -0.05) is 6.58 Å². The lowest BCUT2D eigenvalue weighted by Crippen LogP contribution is -2.15. The van der Waals surface area contributed by atoms with E-state index in [-0.39, 0.29) is 23.0 Å². The fraction of sp³-hybridized carbons (Fsp3) is 0.625. The Morgan fingerprint density at radius 1 is 1.58 bits per heavy atom. The van der Waals surface area contributed by atoms with E-state index in [1.54, 1.807) is 0 Å². The molecule has 0 aromatic rings. The second kappa shape index (κ2) is 8.74. The lowest BCUT2D eigenvalue weighted by atomic mass is 10.4. The minimum Gasteiger partial charge on any atom is -0.462 e. The summed E-state index contributed by atoms with van der Waals surface area (Å²) in [6.45, 7) is 4.70. The lowest BCUT2D eigenvalue weighted by Gasteiger charge is -2.08. The Balaban J connectivity index is 0. The van der Waals surface area contributed by atoms with Crippen molar-refractivity contribution < 1.29 is 9.53 Å². The van der Waals surface area contributed by atoms with Crippen molar-refractivity contribution >= 4 is 23.0 Å². The van der Waals surface area contributed by atoms with Gasteiger partial charge >= 0.3 is 5.97 Å². The zero-order valence-electron chi connectivity index (χ0n) is 7.58. The van der Waals surface area contributed by atoms with Gasteiger partial charge in [0.05, 0.1) is 6.61 Å². The Labute approximate surface area is 84.2 Å². The van der Waals surface area contributed by atoms with Crippen molar-refractivity contribution in [2.24, 2.45) is 0 Å². The number of hydrogen-bond acceptors (Lipinski definition) is 3. The normalized spacial score (nSPS) is 8.92. The predicted molar refractivity (Wildman–Crippen MR) is 54.6 cm³/mol. The molecule has 0 radical (unpaired) electrons. The molecular weight excluding hydrogens is 222 g/mol. The van der Waals surface area contributed by atoms with Gasteiger partial charge in [0.1, 0.15) is 0 Å². The average molecular weight is 238 g/mol. The number of ether oxygens (including phenoxy) is 1. The van der Waals surface area contributed by atoms with Crippen molar-refractivity contribution in [2.45, 2.75) is 6.42 Å². The van der Waals surface area contributed by atoms with Crippen molar-refractivity contribution in [1.82, 2.24) is 4.90 Å². The Bertz CT molecular complexity index is 137. The fourth-order valence-corrected chi connectivity index (χ4v) is 0.612. The monoisotopic (exact) mass is 237 g/mol. The largest absolute Gasteiger partial charge is 0.462 e. The molecule has 0 N–H and O–H groups in total. The molecule has 72 valence electrons. The van der Waals surface area contributed by atoms with Gasteiger partial charge in [0.25, 0.3) is 0 Å². The molecule has 0 heterocycles. The first kappa shape index (κ1) is 14.2. The molecular formula is C8H16BrNO2. The van der Waals surface area contributed by atoms with Gasteiger partial charge in [-0.05, 0) is 20.5 Å². The minimum atomic E-state index is -0.344. The summed E-state index contributed by atoms with van der Waals surface area (Å²) in [4.78, 5) is 12.5. The Kier molecular flexibility index (Phi) is 10.3. The maximum Gasteiger partial charge on any atom is 0.330 e. The highest BCUT2D eigenvalue weighted by molar-refractivity contribution is 8.93. The van der Waals surface area contributed by atoms with Gasteiger partial charge < -0.3 is 9.64 Å². The molecule has 0 aliphatic rings. The summed E-state index contributed by atoms with van der Waals surface area (Å²) in [5.74, 6) is -0.344. The number of hydrogen-bond donors (Lipinski definition) is 0. The first-order valence-electron chi connectivity index (χ1n) is 3.60. The van der Waals surface area contributed by atoms with Crippen LogP contribution in [0.4, 0.5) is 0 Å². The molecule has 0 saturated heterocycles. The molecule has 0 aliphatic heterocycles. The molecule has 0 saturated carbocycles. The zero-order valence-corrected chi connectivity index (χ0v) is 9.29. The molecule has 0 spiro atoms. The SMILES string of the molecule is Br.C=CC(=O)OCCCN(C)C. The average Bonchev–Trinajstić information content (AvgIpc) is 1.97. The summed E-state index contributed by atoms with van der Waals surface area (Å²) in [5.41, 5.74) is 0. The molecule has 0 fully saturated rings. The summed E-state index contributed by atoms with van der Waals surface area (Å²) >= 11 is 0. The van der Waals surface area contributed by atoms with Gasteiger partial charge in [-0.15, -0.1) is 17.0 Å². The van der Waals surface area contributed by atoms with E-state index in [1.807, 2.05) is 19.0 Å². The molecule has 0 amide bonds. The number of carbonyl (C=O) groups is 1. The van der Waals surface area contributed by atoms with Crippen LogP contribution in [0.3, 0.4) is 0 Å². The van der Waals surface area contributed by atoms with E-state index in [0.29, 0.717) is 6.61 Å². The van der Waals surface area contributed by atoms with Crippen LogP contribution in [0, 0.1) is 0 Å². The quantitative estimate of drug-likeness (QED) is 0.410. The Morgan fingerprint density at radius 3 is 2.58 bits per heavy atom. The molecule has 0 aromatic carbocycles. The van der Waals surface area contributed by atoms with Crippen LogP contribution in [-0.2, 0) is 9.53 Å². The van der Waals surface area contributed by atoms with E-state index in [0.717, 1.165) is 13.0 Å². The zero-order chi connectivity index (χ0) is 8.69. The van der Waals surface area contributed by atoms with Crippen molar-refractivity contribution in [3.63, 3.8) is 0 Å². The van der Waals surface area contributed by atoms with Gasteiger partial charge in [-0.2, -0.15) is 0 Å². The lowest BCUT2D eigenvalue weighted by molar-refractivity contribution is -0.137. The molecule has 0 rings (SSSR count). The first-order valence-corrected chi connectivity index (χ1v) is 3.60. The van der Waals surface area contributed by atoms with E-state index in [2.05, 4.69) is 6.58 Å². The summed E-state index contributed by atoms with van der Waals surface area (Å²) in [5, 5.41) is 0. The van der Waals surface area contributed by atoms with Gasteiger partial charge in [0.2, 0.25) is 0 Å². The van der Waals surface area contributed by atoms with Crippen molar-refractivity contribution in [2.75, 3.05) is 27.2 Å². The summed E-state index contributed by atoms with van der Waals surface area (Å²) in [6, 6.07) is 0. The maximum absolute atomic E-state index is 10.5. The Morgan fingerprint density at radius 2 is 2.17 bits per heavy atom. The third-order valence-corrected chi connectivity index (χ3v) is 1.16. The molecule has 0 bridgehead atoms. The molecule has 0 aromatic heterocycles. The predicted octanol–water partition coefficient (Wildman–Crippen LogP) is 1.25. The number of rotatable bonds is 5. The van der Waals surface area contributed by atoms with Crippen molar-refractivity contribution in [1.29, 1.82) is 0 Å².